The number of carbonyl (C=O) groups excluding carboxylic acids is 1. The number of carbonyl (C=O) groups is 1. The maximum absolute atomic E-state index is 13.7. The fourth-order valence-corrected chi connectivity index (χ4v) is 6.95. The minimum Gasteiger partial charge on any atom is -0.373 e. The monoisotopic (exact) mass is 602 g/mol. The fourth-order valence-electron chi connectivity index (χ4n) is 5.50. The van der Waals surface area contributed by atoms with Crippen molar-refractivity contribution >= 4 is 27.2 Å². The molecule has 2 aromatic carbocycles. The number of rotatable bonds is 10. The molecule has 1 N–H and O–H groups in total. The van der Waals surface area contributed by atoms with Crippen LogP contribution in [0, 0.1) is 21.7 Å². The highest BCUT2D eigenvalue weighted by molar-refractivity contribution is 7.89. The Morgan fingerprint density at radius 3 is 2.50 bits per heavy atom. The molecule has 42 heavy (non-hydrogen) atoms. The first kappa shape index (κ1) is 29.7. The normalized spacial score (nSPS) is 16.3. The van der Waals surface area contributed by atoms with Crippen LogP contribution in [0.3, 0.4) is 0 Å². The second-order valence-electron chi connectivity index (χ2n) is 10.7. The number of Topliss-reactive ketones (excluding diaryl/α,β-unsaturated/α-hetero) is 1. The third kappa shape index (κ3) is 6.35. The molecule has 3 aromatic rings. The lowest BCUT2D eigenvalue weighted by Gasteiger charge is -2.29. The number of piperidine rings is 1. The van der Waals surface area contributed by atoms with E-state index in [2.05, 4.69) is 15.1 Å². The number of ketones is 1. The molecule has 1 fully saturated rings. The number of nitro groups is 1. The highest BCUT2D eigenvalue weighted by atomic mass is 32.2. The van der Waals surface area contributed by atoms with Gasteiger partial charge in [-0.15, -0.1) is 0 Å². The molecule has 0 atom stereocenters. The van der Waals surface area contributed by atoms with E-state index in [4.69, 9.17) is 0 Å². The van der Waals surface area contributed by atoms with Gasteiger partial charge in [0, 0.05) is 68.7 Å². The SMILES string of the molecule is CN(CCN1CCCCC1)c1ccc(C(=O)Cc2n[nH]c3c2CN(S(=O)(=O)c2cc(F)cc(F)c2)CC3)c([N+](=O)[O-])c1. The number of H-pyrrole nitrogens is 1. The number of benzene rings is 2. The molecule has 0 unspecified atom stereocenters. The Kier molecular flexibility index (Phi) is 8.66. The Bertz CT molecular complexity index is 1590. The molecular weight excluding hydrogens is 570 g/mol. The van der Waals surface area contributed by atoms with Crippen LogP contribution in [0.1, 0.15) is 46.6 Å². The predicted octanol–water partition coefficient (Wildman–Crippen LogP) is 3.69. The van der Waals surface area contributed by atoms with Crippen molar-refractivity contribution in [1.82, 2.24) is 19.4 Å². The molecule has 0 amide bonds. The number of sulfonamides is 1. The van der Waals surface area contributed by atoms with Gasteiger partial charge in [-0.05, 0) is 50.2 Å². The summed E-state index contributed by atoms with van der Waals surface area (Å²) in [4.78, 5) is 28.5. The Labute approximate surface area is 242 Å². The smallest absolute Gasteiger partial charge is 0.282 e. The van der Waals surface area contributed by atoms with Crippen molar-refractivity contribution in [2.45, 2.75) is 43.5 Å². The molecule has 14 heteroatoms. The van der Waals surface area contributed by atoms with Gasteiger partial charge in [-0.25, -0.2) is 17.2 Å². The van der Waals surface area contributed by atoms with Gasteiger partial charge in [-0.1, -0.05) is 6.42 Å². The summed E-state index contributed by atoms with van der Waals surface area (Å²) in [6.07, 6.45) is 3.53. The van der Waals surface area contributed by atoms with Crippen LogP contribution in [0.2, 0.25) is 0 Å². The summed E-state index contributed by atoms with van der Waals surface area (Å²) in [5.74, 6) is -2.56. The molecule has 2 aliphatic rings. The highest BCUT2D eigenvalue weighted by Gasteiger charge is 2.33. The number of anilines is 1. The Balaban J connectivity index is 1.32. The summed E-state index contributed by atoms with van der Waals surface area (Å²) < 4.78 is 54.8. The van der Waals surface area contributed by atoms with Gasteiger partial charge < -0.3 is 9.80 Å². The van der Waals surface area contributed by atoms with Crippen LogP contribution >= 0.6 is 0 Å². The molecule has 11 nitrogen and oxygen atoms in total. The van der Waals surface area contributed by atoms with Crippen LogP contribution in [0.5, 0.6) is 0 Å². The van der Waals surface area contributed by atoms with Crippen LogP contribution in [-0.4, -0.2) is 78.3 Å². The van der Waals surface area contributed by atoms with Crippen LogP contribution < -0.4 is 4.90 Å². The first-order valence-corrected chi connectivity index (χ1v) is 15.2. The number of aromatic nitrogens is 2. The van der Waals surface area contributed by atoms with Crippen molar-refractivity contribution in [1.29, 1.82) is 0 Å². The summed E-state index contributed by atoms with van der Waals surface area (Å²) in [5.41, 5.74) is 1.60. The molecule has 1 saturated heterocycles. The Morgan fingerprint density at radius 1 is 1.10 bits per heavy atom. The van der Waals surface area contributed by atoms with Crippen molar-refractivity contribution in [3.8, 4) is 0 Å². The van der Waals surface area contributed by atoms with E-state index in [1.54, 1.807) is 6.07 Å². The molecule has 2 aliphatic heterocycles. The minimum atomic E-state index is -4.24. The van der Waals surface area contributed by atoms with E-state index in [9.17, 15) is 32.1 Å². The van der Waals surface area contributed by atoms with Crippen molar-refractivity contribution < 1.29 is 26.9 Å². The summed E-state index contributed by atoms with van der Waals surface area (Å²) in [5, 5.41) is 19.0. The quantitative estimate of drug-likeness (QED) is 0.211. The second-order valence-corrected chi connectivity index (χ2v) is 12.6. The average Bonchev–Trinajstić information content (AvgIpc) is 3.37. The van der Waals surface area contributed by atoms with Crippen molar-refractivity contribution in [3.05, 3.63) is 80.7 Å². The average molecular weight is 603 g/mol. The third-order valence-corrected chi connectivity index (χ3v) is 9.73. The van der Waals surface area contributed by atoms with E-state index in [0.29, 0.717) is 29.6 Å². The number of hydrogen-bond donors (Lipinski definition) is 1. The zero-order valence-electron chi connectivity index (χ0n) is 23.2. The predicted molar refractivity (Wildman–Crippen MR) is 151 cm³/mol. The van der Waals surface area contributed by atoms with Gasteiger partial charge in [0.25, 0.3) is 5.69 Å². The zero-order valence-corrected chi connectivity index (χ0v) is 24.0. The molecule has 5 rings (SSSR count). The first-order chi connectivity index (χ1) is 20.0. The maximum Gasteiger partial charge on any atom is 0.282 e. The highest BCUT2D eigenvalue weighted by Crippen LogP contribution is 2.30. The second kappa shape index (κ2) is 12.2. The van der Waals surface area contributed by atoms with Crippen molar-refractivity contribution in [3.63, 3.8) is 0 Å². The number of fused-ring (bicyclic) bond motifs is 1. The van der Waals surface area contributed by atoms with E-state index < -0.39 is 37.3 Å². The van der Waals surface area contributed by atoms with Crippen LogP contribution in [0.25, 0.3) is 0 Å². The molecule has 1 aromatic heterocycles. The van der Waals surface area contributed by atoms with Gasteiger partial charge in [-0.2, -0.15) is 9.40 Å². The molecule has 0 bridgehead atoms. The van der Waals surface area contributed by atoms with Crippen LogP contribution in [-0.2, 0) is 29.4 Å². The van der Waals surface area contributed by atoms with Crippen LogP contribution in [0.4, 0.5) is 20.2 Å². The van der Waals surface area contributed by atoms with E-state index in [0.717, 1.165) is 36.1 Å². The van der Waals surface area contributed by atoms with E-state index in [1.807, 2.05) is 11.9 Å². The number of nitrogens with zero attached hydrogens (tertiary/aromatic N) is 5. The molecule has 0 aliphatic carbocycles. The Hall–Kier alpha value is -3.75. The summed E-state index contributed by atoms with van der Waals surface area (Å²) in [7, 11) is -2.38. The molecule has 0 saturated carbocycles. The van der Waals surface area contributed by atoms with Gasteiger partial charge in [0.15, 0.2) is 5.78 Å². The lowest BCUT2D eigenvalue weighted by molar-refractivity contribution is -0.385. The first-order valence-electron chi connectivity index (χ1n) is 13.8. The number of nitro benzene ring substituents is 1. The summed E-state index contributed by atoms with van der Waals surface area (Å²) in [6, 6.07) is 6.62. The zero-order chi connectivity index (χ0) is 30.0. The van der Waals surface area contributed by atoms with Crippen LogP contribution in [0.15, 0.2) is 41.3 Å². The van der Waals surface area contributed by atoms with Gasteiger partial charge in [-0.3, -0.25) is 20.0 Å². The van der Waals surface area contributed by atoms with Crippen molar-refractivity contribution in [2.24, 2.45) is 0 Å². The van der Waals surface area contributed by atoms with E-state index in [1.165, 1.54) is 31.4 Å². The standard InChI is InChI=1S/C28H32F2N6O5S/c1-33(11-12-34-8-3-2-4-9-34)21-5-6-23(27(16-21)36(38)39)28(37)17-26-24-18-35(10-7-25(24)31-32-26)42(40,41)22-14-19(29)13-20(30)15-22/h5-6,13-16H,2-4,7-12,17-18H2,1H3,(H,31,32). The minimum absolute atomic E-state index is 0.0429. The molecule has 0 radical (unpaired) electrons. The number of hydrogen-bond acceptors (Lipinski definition) is 8. The number of likely N-dealkylation sites (N-methyl/N-ethyl adjacent to an activating group) is 1. The number of likely N-dealkylation sites (tertiary alicyclic amines) is 1. The molecular formula is C28H32F2N6O5S. The Morgan fingerprint density at radius 2 is 1.81 bits per heavy atom. The van der Waals surface area contributed by atoms with Crippen molar-refractivity contribution in [2.75, 3.05) is 44.7 Å². The lowest BCUT2D eigenvalue weighted by Crippen LogP contribution is -2.36. The summed E-state index contributed by atoms with van der Waals surface area (Å²) in [6.45, 7) is 3.50. The van der Waals surface area contributed by atoms with Gasteiger partial charge >= 0.3 is 0 Å². The van der Waals surface area contributed by atoms with E-state index in [-0.39, 0.29) is 42.9 Å². The van der Waals surface area contributed by atoms with Gasteiger partial charge in [0.05, 0.1) is 27.5 Å². The third-order valence-electron chi connectivity index (χ3n) is 7.91. The van der Waals surface area contributed by atoms with E-state index >= 15 is 0 Å². The maximum atomic E-state index is 13.7. The summed E-state index contributed by atoms with van der Waals surface area (Å²) >= 11 is 0. The van der Waals surface area contributed by atoms with Gasteiger partial charge in [0.1, 0.15) is 11.6 Å². The lowest BCUT2D eigenvalue weighted by atomic mass is 9.99. The number of halogens is 2. The fraction of sp³-hybridized carbons (Fsp3) is 0.429. The number of nitrogens with one attached hydrogen (secondary N) is 1. The number of aromatic amines is 1. The molecule has 0 spiro atoms. The topological polar surface area (TPSA) is 133 Å². The largest absolute Gasteiger partial charge is 0.373 e. The molecule has 224 valence electrons. The molecule has 3 heterocycles. The van der Waals surface area contributed by atoms with Gasteiger partial charge in [0.2, 0.25) is 10.0 Å².